The zero-order valence-electron chi connectivity index (χ0n) is 7.95. The molecule has 1 N–H and O–H groups in total. The third kappa shape index (κ3) is 2.42. The average molecular weight is 186 g/mol. The van der Waals surface area contributed by atoms with Crippen molar-refractivity contribution in [2.45, 2.75) is 25.4 Å². The Hall–Kier alpha value is -0.120. The second kappa shape index (κ2) is 4.40. The summed E-state index contributed by atoms with van der Waals surface area (Å²) in [5.41, 5.74) is 0. The van der Waals surface area contributed by atoms with Gasteiger partial charge in [-0.25, -0.2) is 0 Å². The van der Waals surface area contributed by atoms with Crippen LogP contribution in [0.2, 0.25) is 0 Å². The molecule has 0 spiro atoms. The lowest BCUT2D eigenvalue weighted by molar-refractivity contribution is 0.0675. The van der Waals surface area contributed by atoms with Crippen LogP contribution in [0.25, 0.3) is 0 Å². The van der Waals surface area contributed by atoms with E-state index in [4.69, 9.17) is 9.47 Å². The van der Waals surface area contributed by atoms with Gasteiger partial charge in [0.05, 0.1) is 12.7 Å². The molecule has 0 bridgehead atoms. The summed E-state index contributed by atoms with van der Waals surface area (Å²) in [4.78, 5) is 0. The summed E-state index contributed by atoms with van der Waals surface area (Å²) < 4.78 is 10.5. The molecule has 2 heterocycles. The van der Waals surface area contributed by atoms with Crippen LogP contribution >= 0.6 is 0 Å². The Morgan fingerprint density at radius 3 is 2.54 bits per heavy atom. The van der Waals surface area contributed by atoms with Gasteiger partial charge in [-0.1, -0.05) is 0 Å². The third-order valence-electron chi connectivity index (χ3n) is 3.11. The van der Waals surface area contributed by atoms with Crippen LogP contribution in [0.1, 0.15) is 19.3 Å². The van der Waals surface area contributed by atoms with E-state index in [0.29, 0.717) is 11.8 Å². The van der Waals surface area contributed by atoms with Gasteiger partial charge >= 0.3 is 0 Å². The molecule has 0 saturated carbocycles. The van der Waals surface area contributed by atoms with Gasteiger partial charge in [-0.05, 0) is 25.2 Å². The lowest BCUT2D eigenvalue weighted by Crippen LogP contribution is -2.23. The summed E-state index contributed by atoms with van der Waals surface area (Å²) in [6.45, 7) is 3.28. The molecular formula is C10H18O3. The van der Waals surface area contributed by atoms with Crippen LogP contribution in [0, 0.1) is 11.8 Å². The van der Waals surface area contributed by atoms with Gasteiger partial charge in [0, 0.05) is 25.7 Å². The third-order valence-corrected chi connectivity index (χ3v) is 3.11. The average Bonchev–Trinajstić information content (AvgIpc) is 2.74. The minimum atomic E-state index is -0.172. The fourth-order valence-corrected chi connectivity index (χ4v) is 2.16. The summed E-state index contributed by atoms with van der Waals surface area (Å²) in [5.74, 6) is 0.955. The minimum absolute atomic E-state index is 0.172. The maximum absolute atomic E-state index is 9.87. The molecule has 3 nitrogen and oxygen atoms in total. The standard InChI is InChI=1S/C10H18O3/c11-10(9-2-4-13-7-9)5-8-1-3-12-6-8/h8-11H,1-7H2. The fourth-order valence-electron chi connectivity index (χ4n) is 2.16. The quantitative estimate of drug-likeness (QED) is 0.709. The summed E-state index contributed by atoms with van der Waals surface area (Å²) in [6.07, 6.45) is 2.86. The maximum atomic E-state index is 9.87. The molecule has 0 amide bonds. The van der Waals surface area contributed by atoms with Gasteiger partial charge in [-0.2, -0.15) is 0 Å². The van der Waals surface area contributed by atoms with E-state index < -0.39 is 0 Å². The van der Waals surface area contributed by atoms with Crippen LogP contribution in [0.3, 0.4) is 0 Å². The Kier molecular flexibility index (Phi) is 3.19. The molecule has 3 atom stereocenters. The number of rotatable bonds is 3. The number of aliphatic hydroxyl groups is 1. The molecule has 76 valence electrons. The Morgan fingerprint density at radius 2 is 1.92 bits per heavy atom. The van der Waals surface area contributed by atoms with Gasteiger partial charge in [0.15, 0.2) is 0 Å². The zero-order valence-corrected chi connectivity index (χ0v) is 7.95. The first-order chi connectivity index (χ1) is 6.36. The van der Waals surface area contributed by atoms with Crippen molar-refractivity contribution in [2.75, 3.05) is 26.4 Å². The van der Waals surface area contributed by atoms with Crippen molar-refractivity contribution in [1.29, 1.82) is 0 Å². The van der Waals surface area contributed by atoms with Gasteiger partial charge in [-0.3, -0.25) is 0 Å². The number of hydrogen-bond donors (Lipinski definition) is 1. The SMILES string of the molecule is OC(CC1CCOC1)C1CCOC1. The van der Waals surface area contributed by atoms with E-state index in [1.807, 2.05) is 0 Å². The predicted molar refractivity (Wildman–Crippen MR) is 48.5 cm³/mol. The molecule has 0 radical (unpaired) electrons. The number of aliphatic hydroxyl groups excluding tert-OH is 1. The van der Waals surface area contributed by atoms with E-state index in [1.165, 1.54) is 0 Å². The molecule has 2 rings (SSSR count). The van der Waals surface area contributed by atoms with E-state index in [-0.39, 0.29) is 6.10 Å². The molecule has 0 aromatic heterocycles. The summed E-state index contributed by atoms with van der Waals surface area (Å²) in [5, 5.41) is 9.87. The molecule has 3 heteroatoms. The van der Waals surface area contributed by atoms with E-state index in [2.05, 4.69) is 0 Å². The van der Waals surface area contributed by atoms with Gasteiger partial charge in [0.2, 0.25) is 0 Å². The normalized spacial score (nSPS) is 36.7. The smallest absolute Gasteiger partial charge is 0.0594 e. The molecule has 13 heavy (non-hydrogen) atoms. The van der Waals surface area contributed by atoms with Crippen LogP contribution in [-0.2, 0) is 9.47 Å². The van der Waals surface area contributed by atoms with Gasteiger partial charge in [0.1, 0.15) is 0 Å². The van der Waals surface area contributed by atoms with Crippen LogP contribution in [0.15, 0.2) is 0 Å². The highest BCUT2D eigenvalue weighted by molar-refractivity contribution is 4.77. The van der Waals surface area contributed by atoms with Crippen molar-refractivity contribution in [3.63, 3.8) is 0 Å². The van der Waals surface area contributed by atoms with Gasteiger partial charge < -0.3 is 14.6 Å². The highest BCUT2D eigenvalue weighted by Crippen LogP contribution is 2.25. The highest BCUT2D eigenvalue weighted by atomic mass is 16.5. The second-order valence-electron chi connectivity index (χ2n) is 4.16. The Balaban J connectivity index is 1.73. The predicted octanol–water partition coefficient (Wildman–Crippen LogP) is 0.810. The van der Waals surface area contributed by atoms with Crippen LogP contribution in [0.5, 0.6) is 0 Å². The monoisotopic (exact) mass is 186 g/mol. The largest absolute Gasteiger partial charge is 0.393 e. The first kappa shape index (κ1) is 9.44. The molecule has 2 aliphatic heterocycles. The first-order valence-electron chi connectivity index (χ1n) is 5.20. The number of hydrogen-bond acceptors (Lipinski definition) is 3. The van der Waals surface area contributed by atoms with Gasteiger partial charge in [-0.15, -0.1) is 0 Å². The molecule has 2 aliphatic rings. The molecule has 0 aliphatic carbocycles. The zero-order chi connectivity index (χ0) is 9.10. The summed E-state index contributed by atoms with van der Waals surface area (Å²) in [7, 11) is 0. The summed E-state index contributed by atoms with van der Waals surface area (Å²) >= 11 is 0. The van der Waals surface area contributed by atoms with Crippen molar-refractivity contribution in [3.8, 4) is 0 Å². The minimum Gasteiger partial charge on any atom is -0.393 e. The van der Waals surface area contributed by atoms with Crippen LogP contribution in [0.4, 0.5) is 0 Å². The fraction of sp³-hybridized carbons (Fsp3) is 1.00. The Morgan fingerprint density at radius 1 is 1.15 bits per heavy atom. The lowest BCUT2D eigenvalue weighted by atomic mass is 9.92. The molecule has 2 fully saturated rings. The van der Waals surface area contributed by atoms with Crippen molar-refractivity contribution >= 4 is 0 Å². The second-order valence-corrected chi connectivity index (χ2v) is 4.16. The van der Waals surface area contributed by atoms with E-state index in [1.54, 1.807) is 0 Å². The maximum Gasteiger partial charge on any atom is 0.0594 e. The van der Waals surface area contributed by atoms with Crippen molar-refractivity contribution in [3.05, 3.63) is 0 Å². The van der Waals surface area contributed by atoms with Crippen molar-refractivity contribution in [1.82, 2.24) is 0 Å². The molecule has 0 aromatic rings. The first-order valence-corrected chi connectivity index (χ1v) is 5.20. The van der Waals surface area contributed by atoms with Crippen LogP contribution in [-0.4, -0.2) is 37.6 Å². The van der Waals surface area contributed by atoms with Gasteiger partial charge in [0.25, 0.3) is 0 Å². The molecule has 3 unspecified atom stereocenters. The molecular weight excluding hydrogens is 168 g/mol. The Labute approximate surface area is 79.0 Å². The molecule has 0 aromatic carbocycles. The van der Waals surface area contributed by atoms with Crippen LogP contribution < -0.4 is 0 Å². The molecule has 2 saturated heterocycles. The van der Waals surface area contributed by atoms with Crippen molar-refractivity contribution < 1.29 is 14.6 Å². The Bertz CT molecular complexity index is 148. The van der Waals surface area contributed by atoms with E-state index >= 15 is 0 Å². The highest BCUT2D eigenvalue weighted by Gasteiger charge is 2.27. The van der Waals surface area contributed by atoms with E-state index in [0.717, 1.165) is 45.7 Å². The topological polar surface area (TPSA) is 38.7 Å². The lowest BCUT2D eigenvalue weighted by Gasteiger charge is -2.18. The van der Waals surface area contributed by atoms with Crippen molar-refractivity contribution in [2.24, 2.45) is 11.8 Å². The van der Waals surface area contributed by atoms with E-state index in [9.17, 15) is 5.11 Å². The number of ether oxygens (including phenoxy) is 2. The summed E-state index contributed by atoms with van der Waals surface area (Å²) in [6, 6.07) is 0.